The number of hydrogen-bond acceptors (Lipinski definition) is 5. The van der Waals surface area contributed by atoms with Gasteiger partial charge in [-0.3, -0.25) is 4.79 Å². The van der Waals surface area contributed by atoms with E-state index in [2.05, 4.69) is 5.32 Å². The Balaban J connectivity index is 2.60. The topological polar surface area (TPSA) is 73.6 Å². The van der Waals surface area contributed by atoms with Gasteiger partial charge in [-0.1, -0.05) is 0 Å². The summed E-state index contributed by atoms with van der Waals surface area (Å²) in [6.07, 6.45) is 0. The van der Waals surface area contributed by atoms with Gasteiger partial charge in [-0.25, -0.2) is 0 Å². The minimum atomic E-state index is -0.214. The minimum Gasteiger partial charge on any atom is -0.496 e. The summed E-state index contributed by atoms with van der Waals surface area (Å²) in [5, 5.41) is 2.59. The maximum absolute atomic E-state index is 11.8. The second-order valence-electron chi connectivity index (χ2n) is 3.95. The van der Waals surface area contributed by atoms with E-state index in [1.54, 1.807) is 26.4 Å². The predicted octanol–water partition coefficient (Wildman–Crippen LogP) is 1.52. The average molecular weight is 284 g/mol. The van der Waals surface area contributed by atoms with E-state index in [-0.39, 0.29) is 11.2 Å². The lowest BCUT2D eigenvalue weighted by atomic mass is 10.3. The van der Waals surface area contributed by atoms with Crippen LogP contribution in [-0.2, 0) is 9.53 Å². The van der Waals surface area contributed by atoms with E-state index in [1.165, 1.54) is 11.8 Å². The van der Waals surface area contributed by atoms with Gasteiger partial charge in [0.05, 0.1) is 23.9 Å². The first kappa shape index (κ1) is 15.7. The summed E-state index contributed by atoms with van der Waals surface area (Å²) in [5.41, 5.74) is 6.33. The molecule has 106 valence electrons. The molecule has 0 aliphatic rings. The lowest BCUT2D eigenvalue weighted by molar-refractivity contribution is -0.120. The highest BCUT2D eigenvalue weighted by Gasteiger charge is 2.16. The first-order valence-corrected chi connectivity index (χ1v) is 6.83. The fraction of sp³-hybridized carbons (Fsp3) is 0.462. The molecular formula is C13H20N2O3S. The molecule has 0 aliphatic carbocycles. The maximum Gasteiger partial charge on any atom is 0.233 e. The molecule has 6 heteroatoms. The molecule has 1 atom stereocenters. The Kier molecular flexibility index (Phi) is 6.52. The van der Waals surface area contributed by atoms with E-state index < -0.39 is 0 Å². The van der Waals surface area contributed by atoms with Crippen molar-refractivity contribution in [2.75, 3.05) is 33.1 Å². The Hall–Kier alpha value is -1.40. The van der Waals surface area contributed by atoms with Crippen LogP contribution in [0.25, 0.3) is 0 Å². The van der Waals surface area contributed by atoms with Crippen molar-refractivity contribution in [2.24, 2.45) is 0 Å². The molecule has 1 rings (SSSR count). The molecule has 0 bridgehead atoms. The summed E-state index contributed by atoms with van der Waals surface area (Å²) in [7, 11) is 3.19. The number of thioether (sulfide) groups is 1. The summed E-state index contributed by atoms with van der Waals surface area (Å²) in [5.74, 6) is 0.655. The van der Waals surface area contributed by atoms with Crippen LogP contribution in [0.1, 0.15) is 6.92 Å². The highest BCUT2D eigenvalue weighted by Crippen LogP contribution is 2.33. The van der Waals surface area contributed by atoms with Crippen molar-refractivity contribution in [1.82, 2.24) is 5.32 Å². The third kappa shape index (κ3) is 5.00. The summed E-state index contributed by atoms with van der Waals surface area (Å²) in [4.78, 5) is 12.7. The quantitative estimate of drug-likeness (QED) is 0.451. The summed E-state index contributed by atoms with van der Waals surface area (Å²) >= 11 is 1.44. The number of rotatable bonds is 7. The Morgan fingerprint density at radius 1 is 1.47 bits per heavy atom. The Morgan fingerprint density at radius 3 is 2.84 bits per heavy atom. The standard InChI is InChI=1S/C13H20N2O3S/c1-9(13(16)15-6-7-17-2)19-12-5-4-10(14)8-11(12)18-3/h4-5,8-9H,6-7,14H2,1-3H3,(H,15,16). The molecule has 0 heterocycles. The number of nitrogens with two attached hydrogens (primary N) is 1. The van der Waals surface area contributed by atoms with Crippen LogP contribution in [0, 0.1) is 0 Å². The molecule has 1 aromatic carbocycles. The lowest BCUT2D eigenvalue weighted by Crippen LogP contribution is -2.33. The highest BCUT2D eigenvalue weighted by atomic mass is 32.2. The fourth-order valence-electron chi connectivity index (χ4n) is 1.45. The molecule has 5 nitrogen and oxygen atoms in total. The zero-order chi connectivity index (χ0) is 14.3. The molecule has 0 aliphatic heterocycles. The van der Waals surface area contributed by atoms with Crippen molar-refractivity contribution in [3.63, 3.8) is 0 Å². The molecule has 0 radical (unpaired) electrons. The summed E-state index contributed by atoms with van der Waals surface area (Å²) in [6.45, 7) is 2.87. The van der Waals surface area contributed by atoms with E-state index in [9.17, 15) is 4.79 Å². The van der Waals surface area contributed by atoms with E-state index in [4.69, 9.17) is 15.2 Å². The third-order valence-corrected chi connectivity index (χ3v) is 3.62. The van der Waals surface area contributed by atoms with Crippen LogP contribution in [0.5, 0.6) is 5.75 Å². The largest absolute Gasteiger partial charge is 0.496 e. The van der Waals surface area contributed by atoms with Gasteiger partial charge in [0.1, 0.15) is 5.75 Å². The SMILES string of the molecule is COCCNC(=O)C(C)Sc1ccc(N)cc1OC. The Morgan fingerprint density at radius 2 is 2.21 bits per heavy atom. The number of carbonyl (C=O) groups is 1. The third-order valence-electron chi connectivity index (χ3n) is 2.47. The monoisotopic (exact) mass is 284 g/mol. The first-order valence-electron chi connectivity index (χ1n) is 5.95. The normalized spacial score (nSPS) is 11.9. The van der Waals surface area contributed by atoms with Gasteiger partial charge >= 0.3 is 0 Å². The van der Waals surface area contributed by atoms with Gasteiger partial charge in [0.25, 0.3) is 0 Å². The van der Waals surface area contributed by atoms with Gasteiger partial charge in [-0.2, -0.15) is 0 Å². The second kappa shape index (κ2) is 7.91. The first-order chi connectivity index (χ1) is 9.08. The predicted molar refractivity (Wildman–Crippen MR) is 77.6 cm³/mol. The van der Waals surface area contributed by atoms with Gasteiger partial charge in [0.15, 0.2) is 0 Å². The number of amides is 1. The van der Waals surface area contributed by atoms with Crippen molar-refractivity contribution < 1.29 is 14.3 Å². The molecule has 0 spiro atoms. The summed E-state index contributed by atoms with van der Waals surface area (Å²) in [6, 6.07) is 5.40. The number of nitrogen functional groups attached to an aromatic ring is 1. The fourth-order valence-corrected chi connectivity index (χ4v) is 2.42. The minimum absolute atomic E-state index is 0.0269. The smallest absolute Gasteiger partial charge is 0.233 e. The van der Waals surface area contributed by atoms with E-state index in [1.807, 2.05) is 13.0 Å². The van der Waals surface area contributed by atoms with Gasteiger partial charge in [-0.15, -0.1) is 11.8 Å². The van der Waals surface area contributed by atoms with E-state index >= 15 is 0 Å². The molecule has 19 heavy (non-hydrogen) atoms. The molecule has 3 N–H and O–H groups in total. The zero-order valence-electron chi connectivity index (χ0n) is 11.4. The number of benzene rings is 1. The van der Waals surface area contributed by atoms with Crippen LogP contribution in [0.3, 0.4) is 0 Å². The van der Waals surface area contributed by atoms with Gasteiger partial charge in [-0.05, 0) is 19.1 Å². The average Bonchev–Trinajstić information content (AvgIpc) is 2.40. The van der Waals surface area contributed by atoms with Crippen molar-refractivity contribution in [3.8, 4) is 5.75 Å². The molecule has 0 saturated heterocycles. The second-order valence-corrected chi connectivity index (χ2v) is 5.34. The number of anilines is 1. The molecule has 0 fully saturated rings. The Labute approximate surface area is 117 Å². The van der Waals surface area contributed by atoms with Crippen molar-refractivity contribution in [3.05, 3.63) is 18.2 Å². The number of methoxy groups -OCH3 is 2. The number of ether oxygens (including phenoxy) is 2. The van der Waals surface area contributed by atoms with E-state index in [0.717, 1.165) is 4.90 Å². The molecule has 0 aromatic heterocycles. The molecule has 0 saturated carbocycles. The zero-order valence-corrected chi connectivity index (χ0v) is 12.3. The molecule has 1 unspecified atom stereocenters. The molecular weight excluding hydrogens is 264 g/mol. The van der Waals surface area contributed by atoms with Crippen molar-refractivity contribution in [2.45, 2.75) is 17.1 Å². The van der Waals surface area contributed by atoms with Crippen molar-refractivity contribution in [1.29, 1.82) is 0 Å². The van der Waals surface area contributed by atoms with E-state index in [0.29, 0.717) is 24.6 Å². The molecule has 1 aromatic rings. The van der Waals surface area contributed by atoms with Crippen LogP contribution in [0.2, 0.25) is 0 Å². The van der Waals surface area contributed by atoms with Gasteiger partial charge in [0, 0.05) is 25.4 Å². The van der Waals surface area contributed by atoms with Crippen LogP contribution in [-0.4, -0.2) is 38.5 Å². The summed E-state index contributed by atoms with van der Waals surface area (Å²) < 4.78 is 10.1. The highest BCUT2D eigenvalue weighted by molar-refractivity contribution is 8.00. The van der Waals surface area contributed by atoms with Crippen LogP contribution in [0.15, 0.2) is 23.1 Å². The van der Waals surface area contributed by atoms with Crippen molar-refractivity contribution >= 4 is 23.4 Å². The molecule has 1 amide bonds. The van der Waals surface area contributed by atoms with Crippen LogP contribution in [0.4, 0.5) is 5.69 Å². The lowest BCUT2D eigenvalue weighted by Gasteiger charge is -2.14. The van der Waals surface area contributed by atoms with Gasteiger partial charge < -0.3 is 20.5 Å². The van der Waals surface area contributed by atoms with Crippen LogP contribution < -0.4 is 15.8 Å². The number of nitrogens with one attached hydrogen (secondary N) is 1. The van der Waals surface area contributed by atoms with Crippen LogP contribution >= 0.6 is 11.8 Å². The van der Waals surface area contributed by atoms with Gasteiger partial charge in [0.2, 0.25) is 5.91 Å². The number of carbonyl (C=O) groups excluding carboxylic acids is 1. The number of hydrogen-bond donors (Lipinski definition) is 2. The maximum atomic E-state index is 11.8. The Bertz CT molecular complexity index is 426.